The fourth-order valence-corrected chi connectivity index (χ4v) is 2.83. The van der Waals surface area contributed by atoms with Gasteiger partial charge in [0.25, 0.3) is 0 Å². The molecule has 0 aliphatic rings. The zero-order valence-corrected chi connectivity index (χ0v) is 13.5. The van der Waals surface area contributed by atoms with E-state index in [1.54, 1.807) is 6.92 Å². The van der Waals surface area contributed by atoms with E-state index >= 15 is 0 Å². The van der Waals surface area contributed by atoms with Crippen molar-refractivity contribution in [1.29, 1.82) is 0 Å². The molecule has 118 valence electrons. The van der Waals surface area contributed by atoms with Crippen LogP contribution in [0.5, 0.6) is 0 Å². The second-order valence-electron chi connectivity index (χ2n) is 4.13. The molecule has 0 spiro atoms. The Morgan fingerprint density at radius 3 is 2.62 bits per heavy atom. The Morgan fingerprint density at radius 2 is 2.05 bits per heavy atom. The highest BCUT2D eigenvalue weighted by atomic mass is 35.5. The highest BCUT2D eigenvalue weighted by molar-refractivity contribution is 7.89. The molecular formula is C12H19ClN4O3S. The largest absolute Gasteiger partial charge is 0.369 e. The minimum Gasteiger partial charge on any atom is -0.369 e. The molecule has 0 radical (unpaired) electrons. The highest BCUT2D eigenvalue weighted by Gasteiger charge is 2.16. The van der Waals surface area contributed by atoms with Gasteiger partial charge in [-0.2, -0.15) is 0 Å². The summed E-state index contributed by atoms with van der Waals surface area (Å²) in [5, 5.41) is 5.73. The van der Waals surface area contributed by atoms with E-state index in [-0.39, 0.29) is 28.8 Å². The molecule has 0 bridgehead atoms. The molecular weight excluding hydrogens is 316 g/mol. The monoisotopic (exact) mass is 334 g/mol. The standard InChI is InChI=1S/C12H19ClN4O3S/c1-3-14-11(18)5-6-17-21(19,20)9-7-10(13)12(15-4-2)16-8-9/h7-8,17H,3-6H2,1-2H3,(H,14,18)(H,15,16). The van der Waals surface area contributed by atoms with E-state index in [4.69, 9.17) is 11.6 Å². The molecule has 1 aromatic heterocycles. The molecule has 21 heavy (non-hydrogen) atoms. The van der Waals surface area contributed by atoms with Crippen molar-refractivity contribution >= 4 is 33.3 Å². The number of aromatic nitrogens is 1. The number of rotatable bonds is 8. The van der Waals surface area contributed by atoms with E-state index < -0.39 is 10.0 Å². The molecule has 0 saturated carbocycles. The Morgan fingerprint density at radius 1 is 1.33 bits per heavy atom. The number of nitrogens with zero attached hydrogens (tertiary/aromatic N) is 1. The number of carbonyl (C=O) groups excluding carboxylic acids is 1. The summed E-state index contributed by atoms with van der Waals surface area (Å²) >= 11 is 5.96. The van der Waals surface area contributed by atoms with Crippen molar-refractivity contribution in [3.63, 3.8) is 0 Å². The van der Waals surface area contributed by atoms with E-state index in [1.807, 2.05) is 6.92 Å². The highest BCUT2D eigenvalue weighted by Crippen LogP contribution is 2.22. The van der Waals surface area contributed by atoms with Gasteiger partial charge in [0.2, 0.25) is 15.9 Å². The van der Waals surface area contributed by atoms with Gasteiger partial charge in [0.05, 0.1) is 5.02 Å². The van der Waals surface area contributed by atoms with Crippen LogP contribution in [-0.4, -0.2) is 38.9 Å². The molecule has 0 aromatic carbocycles. The van der Waals surface area contributed by atoms with Gasteiger partial charge in [-0.3, -0.25) is 4.79 Å². The predicted octanol–water partition coefficient (Wildman–Crippen LogP) is 0.971. The molecule has 1 rings (SSSR count). The summed E-state index contributed by atoms with van der Waals surface area (Å²) in [5.74, 6) is 0.222. The second-order valence-corrected chi connectivity index (χ2v) is 6.31. The summed E-state index contributed by atoms with van der Waals surface area (Å²) in [6, 6.07) is 1.32. The van der Waals surface area contributed by atoms with Gasteiger partial charge in [0.1, 0.15) is 10.7 Å². The van der Waals surface area contributed by atoms with E-state index in [0.29, 0.717) is 18.9 Å². The number of hydrogen-bond donors (Lipinski definition) is 3. The maximum absolute atomic E-state index is 12.0. The minimum absolute atomic E-state index is 0.0146. The van der Waals surface area contributed by atoms with Crippen LogP contribution >= 0.6 is 11.6 Å². The van der Waals surface area contributed by atoms with Crippen LogP contribution in [-0.2, 0) is 14.8 Å². The summed E-state index contributed by atoms with van der Waals surface area (Å²) in [6.45, 7) is 4.83. The summed E-state index contributed by atoms with van der Waals surface area (Å²) < 4.78 is 26.4. The van der Waals surface area contributed by atoms with E-state index in [2.05, 4.69) is 20.3 Å². The molecule has 0 unspecified atom stereocenters. The smallest absolute Gasteiger partial charge is 0.242 e. The van der Waals surface area contributed by atoms with Gasteiger partial charge in [-0.05, 0) is 19.9 Å². The Bertz CT molecular complexity index is 592. The van der Waals surface area contributed by atoms with Gasteiger partial charge in [0, 0.05) is 32.3 Å². The Kier molecular flexibility index (Phi) is 6.86. The first-order chi connectivity index (χ1) is 9.90. The molecule has 0 saturated heterocycles. The molecule has 0 aliphatic heterocycles. The summed E-state index contributed by atoms with van der Waals surface area (Å²) in [4.78, 5) is 15.2. The van der Waals surface area contributed by atoms with Gasteiger partial charge in [-0.1, -0.05) is 11.6 Å². The Balaban J connectivity index is 2.70. The molecule has 0 aliphatic carbocycles. The third kappa shape index (κ3) is 5.49. The molecule has 1 aromatic rings. The molecule has 0 atom stereocenters. The van der Waals surface area contributed by atoms with Crippen molar-refractivity contribution < 1.29 is 13.2 Å². The Labute approximate surface area is 129 Å². The lowest BCUT2D eigenvalue weighted by atomic mass is 10.4. The lowest BCUT2D eigenvalue weighted by Gasteiger charge is -2.09. The van der Waals surface area contributed by atoms with Gasteiger partial charge >= 0.3 is 0 Å². The van der Waals surface area contributed by atoms with Gasteiger partial charge in [0.15, 0.2) is 0 Å². The van der Waals surface area contributed by atoms with Crippen molar-refractivity contribution in [2.24, 2.45) is 0 Å². The Hall–Kier alpha value is -1.38. The van der Waals surface area contributed by atoms with Crippen molar-refractivity contribution in [3.05, 3.63) is 17.3 Å². The number of nitrogens with one attached hydrogen (secondary N) is 3. The van der Waals surface area contributed by atoms with Crippen molar-refractivity contribution in [2.45, 2.75) is 25.2 Å². The number of halogens is 1. The molecule has 7 nitrogen and oxygen atoms in total. The number of anilines is 1. The predicted molar refractivity (Wildman–Crippen MR) is 81.9 cm³/mol. The number of pyridine rings is 1. The lowest BCUT2D eigenvalue weighted by Crippen LogP contribution is -2.30. The number of sulfonamides is 1. The first-order valence-corrected chi connectivity index (χ1v) is 8.42. The fraction of sp³-hybridized carbons (Fsp3) is 0.500. The van der Waals surface area contributed by atoms with E-state index in [0.717, 1.165) is 0 Å². The SMILES string of the molecule is CCNC(=O)CCNS(=O)(=O)c1cnc(NCC)c(Cl)c1. The minimum atomic E-state index is -3.73. The average Bonchev–Trinajstić information content (AvgIpc) is 2.41. The van der Waals surface area contributed by atoms with Crippen LogP contribution in [0.15, 0.2) is 17.2 Å². The lowest BCUT2D eigenvalue weighted by molar-refractivity contribution is -0.120. The van der Waals surface area contributed by atoms with Crippen molar-refractivity contribution in [1.82, 2.24) is 15.0 Å². The first kappa shape index (κ1) is 17.7. The number of carbonyl (C=O) groups is 1. The van der Waals surface area contributed by atoms with Crippen molar-refractivity contribution in [3.8, 4) is 0 Å². The third-order valence-corrected chi connectivity index (χ3v) is 4.20. The van der Waals surface area contributed by atoms with Crippen LogP contribution in [0.3, 0.4) is 0 Å². The van der Waals surface area contributed by atoms with Crippen LogP contribution in [0.1, 0.15) is 20.3 Å². The maximum Gasteiger partial charge on any atom is 0.242 e. The van der Waals surface area contributed by atoms with Gasteiger partial charge in [-0.15, -0.1) is 0 Å². The van der Waals surface area contributed by atoms with Crippen LogP contribution in [0.25, 0.3) is 0 Å². The zero-order chi connectivity index (χ0) is 15.9. The first-order valence-electron chi connectivity index (χ1n) is 6.56. The summed E-state index contributed by atoms with van der Waals surface area (Å²) in [6.07, 6.45) is 1.29. The quantitative estimate of drug-likeness (QED) is 0.657. The zero-order valence-electron chi connectivity index (χ0n) is 11.9. The molecule has 9 heteroatoms. The normalized spacial score (nSPS) is 11.2. The van der Waals surface area contributed by atoms with E-state index in [1.165, 1.54) is 12.3 Å². The topological polar surface area (TPSA) is 100 Å². The summed E-state index contributed by atoms with van der Waals surface area (Å²) in [7, 11) is -3.73. The molecule has 1 amide bonds. The van der Waals surface area contributed by atoms with Crippen LogP contribution < -0.4 is 15.4 Å². The van der Waals surface area contributed by atoms with Crippen LogP contribution in [0, 0.1) is 0 Å². The molecule has 0 fully saturated rings. The van der Waals surface area contributed by atoms with Gasteiger partial charge < -0.3 is 10.6 Å². The van der Waals surface area contributed by atoms with E-state index in [9.17, 15) is 13.2 Å². The van der Waals surface area contributed by atoms with Gasteiger partial charge in [-0.25, -0.2) is 18.1 Å². The summed E-state index contributed by atoms with van der Waals surface area (Å²) in [5.41, 5.74) is 0. The molecule has 3 N–H and O–H groups in total. The third-order valence-electron chi connectivity index (χ3n) is 2.49. The average molecular weight is 335 g/mol. The maximum atomic E-state index is 12.0. The number of hydrogen-bond acceptors (Lipinski definition) is 5. The van der Waals surface area contributed by atoms with Crippen LogP contribution in [0.2, 0.25) is 5.02 Å². The molecule has 1 heterocycles. The fourth-order valence-electron chi connectivity index (χ4n) is 1.53. The number of amides is 1. The second kappa shape index (κ2) is 8.16. The van der Waals surface area contributed by atoms with Crippen LogP contribution in [0.4, 0.5) is 5.82 Å². The van der Waals surface area contributed by atoms with Crippen molar-refractivity contribution in [2.75, 3.05) is 25.0 Å².